The zero-order chi connectivity index (χ0) is 16.2. The number of carbonyl (C=O) groups is 2. The van der Waals surface area contributed by atoms with Crippen molar-refractivity contribution >= 4 is 23.3 Å². The lowest BCUT2D eigenvalue weighted by Gasteiger charge is -2.20. The smallest absolute Gasteiger partial charge is 0.319 e. The van der Waals surface area contributed by atoms with Crippen LogP contribution in [0, 0.1) is 0 Å². The highest BCUT2D eigenvalue weighted by Gasteiger charge is 2.17. The summed E-state index contributed by atoms with van der Waals surface area (Å²) < 4.78 is 0. The van der Waals surface area contributed by atoms with Crippen LogP contribution in [-0.2, 0) is 11.2 Å². The molecule has 23 heavy (non-hydrogen) atoms. The molecule has 0 saturated heterocycles. The SMILES string of the molecule is C[C@H](NC(=O)Nc1ccncc1)c1ccc2c(c1)CCC(=O)N2. The van der Waals surface area contributed by atoms with E-state index >= 15 is 0 Å². The molecule has 0 fully saturated rings. The summed E-state index contributed by atoms with van der Waals surface area (Å²) in [5, 5.41) is 8.52. The van der Waals surface area contributed by atoms with E-state index in [4.69, 9.17) is 0 Å². The minimum Gasteiger partial charge on any atom is -0.331 e. The molecule has 0 unspecified atom stereocenters. The Morgan fingerprint density at radius 1 is 1.22 bits per heavy atom. The molecule has 3 amide bonds. The highest BCUT2D eigenvalue weighted by Crippen LogP contribution is 2.26. The van der Waals surface area contributed by atoms with Gasteiger partial charge in [0.15, 0.2) is 0 Å². The second-order valence-electron chi connectivity index (χ2n) is 5.52. The molecule has 2 heterocycles. The molecule has 1 atom stereocenters. The number of aryl methyl sites for hydroxylation is 1. The van der Waals surface area contributed by atoms with E-state index in [0.29, 0.717) is 12.1 Å². The van der Waals surface area contributed by atoms with Gasteiger partial charge < -0.3 is 16.0 Å². The molecule has 3 N–H and O–H groups in total. The zero-order valence-corrected chi connectivity index (χ0v) is 12.8. The van der Waals surface area contributed by atoms with Crippen LogP contribution in [0.4, 0.5) is 16.2 Å². The van der Waals surface area contributed by atoms with Gasteiger partial charge in [0, 0.05) is 30.2 Å². The van der Waals surface area contributed by atoms with Gasteiger partial charge in [0.05, 0.1) is 6.04 Å². The van der Waals surface area contributed by atoms with E-state index in [1.807, 2.05) is 25.1 Å². The Balaban J connectivity index is 1.65. The highest BCUT2D eigenvalue weighted by atomic mass is 16.2. The average Bonchev–Trinajstić information content (AvgIpc) is 2.55. The van der Waals surface area contributed by atoms with Crippen molar-refractivity contribution < 1.29 is 9.59 Å². The first-order valence-electron chi connectivity index (χ1n) is 7.52. The molecule has 2 aromatic rings. The molecule has 6 nitrogen and oxygen atoms in total. The van der Waals surface area contributed by atoms with E-state index < -0.39 is 0 Å². The first-order chi connectivity index (χ1) is 11.1. The van der Waals surface area contributed by atoms with Gasteiger partial charge in [-0.1, -0.05) is 12.1 Å². The number of rotatable bonds is 3. The Morgan fingerprint density at radius 2 is 2.00 bits per heavy atom. The summed E-state index contributed by atoms with van der Waals surface area (Å²) in [5.74, 6) is 0.0492. The summed E-state index contributed by atoms with van der Waals surface area (Å²) in [6.07, 6.45) is 4.47. The lowest BCUT2D eigenvalue weighted by atomic mass is 9.98. The lowest BCUT2D eigenvalue weighted by Crippen LogP contribution is -2.31. The van der Waals surface area contributed by atoms with Crippen molar-refractivity contribution in [3.8, 4) is 0 Å². The third-order valence-electron chi connectivity index (χ3n) is 3.81. The van der Waals surface area contributed by atoms with Gasteiger partial charge in [-0.3, -0.25) is 9.78 Å². The van der Waals surface area contributed by atoms with Crippen molar-refractivity contribution in [3.63, 3.8) is 0 Å². The third-order valence-corrected chi connectivity index (χ3v) is 3.81. The summed E-state index contributed by atoms with van der Waals surface area (Å²) >= 11 is 0. The van der Waals surface area contributed by atoms with Crippen LogP contribution in [0.25, 0.3) is 0 Å². The van der Waals surface area contributed by atoms with Gasteiger partial charge in [0.25, 0.3) is 0 Å². The number of fused-ring (bicyclic) bond motifs is 1. The molecular formula is C17H18N4O2. The van der Waals surface area contributed by atoms with Crippen molar-refractivity contribution in [3.05, 3.63) is 53.9 Å². The van der Waals surface area contributed by atoms with Gasteiger partial charge >= 0.3 is 6.03 Å². The minimum absolute atomic E-state index is 0.0492. The number of carbonyl (C=O) groups excluding carboxylic acids is 2. The molecule has 3 rings (SSSR count). The Hall–Kier alpha value is -2.89. The monoisotopic (exact) mass is 310 g/mol. The number of benzene rings is 1. The van der Waals surface area contributed by atoms with Crippen LogP contribution in [0.1, 0.15) is 30.5 Å². The number of aromatic nitrogens is 1. The Bertz CT molecular complexity index is 731. The third kappa shape index (κ3) is 3.66. The molecule has 6 heteroatoms. The quantitative estimate of drug-likeness (QED) is 0.815. The molecule has 118 valence electrons. The van der Waals surface area contributed by atoms with E-state index in [2.05, 4.69) is 20.9 Å². The van der Waals surface area contributed by atoms with Crippen molar-refractivity contribution in [2.24, 2.45) is 0 Å². The maximum absolute atomic E-state index is 12.0. The van der Waals surface area contributed by atoms with Crippen LogP contribution in [0.5, 0.6) is 0 Å². The molecule has 1 aromatic heterocycles. The molecule has 0 saturated carbocycles. The summed E-state index contributed by atoms with van der Waals surface area (Å²) in [6.45, 7) is 1.93. The Morgan fingerprint density at radius 3 is 2.78 bits per heavy atom. The average molecular weight is 310 g/mol. The van der Waals surface area contributed by atoms with E-state index in [-0.39, 0.29) is 18.0 Å². The molecule has 0 aliphatic carbocycles. The molecule has 0 radical (unpaired) electrons. The topological polar surface area (TPSA) is 83.1 Å². The number of urea groups is 1. The standard InChI is InChI=1S/C17H18N4O2/c1-11(19-17(23)20-14-6-8-18-9-7-14)12-2-4-15-13(10-12)3-5-16(22)21-15/h2,4,6-11H,3,5H2,1H3,(H,21,22)(H2,18,19,20,23)/t11-/m0/s1. The van der Waals surface area contributed by atoms with Crippen LogP contribution in [0.3, 0.4) is 0 Å². The van der Waals surface area contributed by atoms with Crippen LogP contribution in [0.15, 0.2) is 42.7 Å². The van der Waals surface area contributed by atoms with Crippen molar-refractivity contribution in [1.29, 1.82) is 0 Å². The normalized spacial score (nSPS) is 14.4. The van der Waals surface area contributed by atoms with E-state index in [1.165, 1.54) is 0 Å². The Labute approximate surface area is 134 Å². The highest BCUT2D eigenvalue weighted by molar-refractivity contribution is 5.94. The Kier molecular flexibility index (Phi) is 4.23. The fraction of sp³-hybridized carbons (Fsp3) is 0.235. The molecule has 0 bridgehead atoms. The molecular weight excluding hydrogens is 292 g/mol. The second-order valence-corrected chi connectivity index (χ2v) is 5.52. The van der Waals surface area contributed by atoms with E-state index in [9.17, 15) is 9.59 Å². The van der Waals surface area contributed by atoms with E-state index in [1.54, 1.807) is 24.5 Å². The number of hydrogen-bond donors (Lipinski definition) is 3. The van der Waals surface area contributed by atoms with Gasteiger partial charge in [-0.15, -0.1) is 0 Å². The number of amides is 3. The van der Waals surface area contributed by atoms with Gasteiger partial charge in [-0.05, 0) is 42.7 Å². The van der Waals surface area contributed by atoms with Gasteiger partial charge in [-0.2, -0.15) is 0 Å². The van der Waals surface area contributed by atoms with Gasteiger partial charge in [-0.25, -0.2) is 4.79 Å². The summed E-state index contributed by atoms with van der Waals surface area (Å²) in [7, 11) is 0. The fourth-order valence-electron chi connectivity index (χ4n) is 2.56. The molecule has 1 aliphatic heterocycles. The van der Waals surface area contributed by atoms with Crippen LogP contribution in [-0.4, -0.2) is 16.9 Å². The molecule has 0 spiro atoms. The summed E-state index contributed by atoms with van der Waals surface area (Å²) in [6, 6.07) is 8.89. The van der Waals surface area contributed by atoms with Gasteiger partial charge in [0.1, 0.15) is 0 Å². The largest absolute Gasteiger partial charge is 0.331 e. The number of nitrogens with zero attached hydrogens (tertiary/aromatic N) is 1. The fourth-order valence-corrected chi connectivity index (χ4v) is 2.56. The lowest BCUT2D eigenvalue weighted by molar-refractivity contribution is -0.116. The first kappa shape index (κ1) is 15.0. The summed E-state index contributed by atoms with van der Waals surface area (Å²) in [5.41, 5.74) is 3.66. The minimum atomic E-state index is -0.269. The number of pyridine rings is 1. The second kappa shape index (κ2) is 6.48. The molecule has 1 aliphatic rings. The predicted octanol–water partition coefficient (Wildman–Crippen LogP) is 2.85. The van der Waals surface area contributed by atoms with Crippen LogP contribution in [0.2, 0.25) is 0 Å². The maximum Gasteiger partial charge on any atom is 0.319 e. The maximum atomic E-state index is 12.0. The van der Waals surface area contributed by atoms with Crippen molar-refractivity contribution in [2.75, 3.05) is 10.6 Å². The predicted molar refractivity (Wildman–Crippen MR) is 88.2 cm³/mol. The van der Waals surface area contributed by atoms with Crippen LogP contribution >= 0.6 is 0 Å². The zero-order valence-electron chi connectivity index (χ0n) is 12.8. The van der Waals surface area contributed by atoms with Crippen LogP contribution < -0.4 is 16.0 Å². The van der Waals surface area contributed by atoms with Crippen molar-refractivity contribution in [2.45, 2.75) is 25.8 Å². The number of anilines is 2. The van der Waals surface area contributed by atoms with Crippen molar-refractivity contribution in [1.82, 2.24) is 10.3 Å². The summed E-state index contributed by atoms with van der Waals surface area (Å²) in [4.78, 5) is 27.3. The number of nitrogens with one attached hydrogen (secondary N) is 3. The number of hydrogen-bond acceptors (Lipinski definition) is 3. The first-order valence-corrected chi connectivity index (χ1v) is 7.52. The van der Waals surface area contributed by atoms with E-state index in [0.717, 1.165) is 23.2 Å². The molecule has 1 aromatic carbocycles. The van der Waals surface area contributed by atoms with Gasteiger partial charge in [0.2, 0.25) is 5.91 Å².